The molecule has 1 N–H and O–H groups in total. The zero-order valence-corrected chi connectivity index (χ0v) is 13.3. The van der Waals surface area contributed by atoms with Crippen molar-refractivity contribution in [1.82, 2.24) is 14.5 Å². The predicted octanol–water partition coefficient (Wildman–Crippen LogP) is 2.06. The van der Waals surface area contributed by atoms with Crippen molar-refractivity contribution in [3.8, 4) is 0 Å². The minimum Gasteiger partial charge on any atom is -0.389 e. The van der Waals surface area contributed by atoms with E-state index in [0.29, 0.717) is 38.0 Å². The number of amides is 1. The van der Waals surface area contributed by atoms with Gasteiger partial charge in [-0.1, -0.05) is 34.3 Å². The Morgan fingerprint density at radius 2 is 2.18 bits per heavy atom. The zero-order valence-electron chi connectivity index (χ0n) is 12.5. The molecular weight excluding hydrogens is 298 g/mol. The molecule has 1 amide bonds. The van der Waals surface area contributed by atoms with Crippen LogP contribution in [0.3, 0.4) is 0 Å². The van der Waals surface area contributed by atoms with Gasteiger partial charge in [-0.3, -0.25) is 4.79 Å². The van der Waals surface area contributed by atoms with Crippen LogP contribution in [-0.2, 0) is 6.42 Å². The summed E-state index contributed by atoms with van der Waals surface area (Å²) in [7, 11) is 0. The van der Waals surface area contributed by atoms with Crippen LogP contribution >= 0.6 is 11.5 Å². The summed E-state index contributed by atoms with van der Waals surface area (Å²) in [4.78, 5) is 14.0. The Morgan fingerprint density at radius 1 is 1.41 bits per heavy atom. The highest BCUT2D eigenvalue weighted by Crippen LogP contribution is 2.27. The van der Waals surface area contributed by atoms with E-state index in [4.69, 9.17) is 0 Å². The fourth-order valence-corrected chi connectivity index (χ4v) is 3.35. The number of aryl methyl sites for hydroxylation is 1. The van der Waals surface area contributed by atoms with E-state index in [1.165, 1.54) is 17.1 Å². The van der Waals surface area contributed by atoms with Crippen LogP contribution in [0.1, 0.15) is 34.5 Å². The molecule has 3 rings (SSSR count). The van der Waals surface area contributed by atoms with Gasteiger partial charge < -0.3 is 10.0 Å². The van der Waals surface area contributed by atoms with Gasteiger partial charge in [-0.2, -0.15) is 0 Å². The molecule has 1 saturated heterocycles. The van der Waals surface area contributed by atoms with Gasteiger partial charge in [-0.15, -0.1) is 5.10 Å². The van der Waals surface area contributed by atoms with E-state index in [2.05, 4.69) is 28.6 Å². The van der Waals surface area contributed by atoms with Crippen LogP contribution in [0, 0.1) is 6.92 Å². The molecule has 0 saturated carbocycles. The SMILES string of the molecule is Cc1cccc(CC2(O)CCN(C(=O)c3csnn3)CC2)c1. The zero-order chi connectivity index (χ0) is 15.6. The largest absolute Gasteiger partial charge is 0.389 e. The van der Waals surface area contributed by atoms with Gasteiger partial charge in [-0.25, -0.2) is 0 Å². The Balaban J connectivity index is 1.62. The summed E-state index contributed by atoms with van der Waals surface area (Å²) in [6, 6.07) is 8.22. The first-order chi connectivity index (χ1) is 10.6. The Labute approximate surface area is 133 Å². The highest BCUT2D eigenvalue weighted by Gasteiger charge is 2.34. The molecule has 0 spiro atoms. The van der Waals surface area contributed by atoms with Crippen LogP contribution < -0.4 is 0 Å². The van der Waals surface area contributed by atoms with Gasteiger partial charge in [0.2, 0.25) is 0 Å². The van der Waals surface area contributed by atoms with Crippen molar-refractivity contribution >= 4 is 17.4 Å². The normalized spacial score (nSPS) is 17.5. The summed E-state index contributed by atoms with van der Waals surface area (Å²) >= 11 is 1.18. The van der Waals surface area contributed by atoms with E-state index in [-0.39, 0.29) is 5.91 Å². The van der Waals surface area contributed by atoms with Crippen LogP contribution in [0.15, 0.2) is 29.6 Å². The number of hydrogen-bond donors (Lipinski definition) is 1. The molecule has 0 radical (unpaired) electrons. The van der Waals surface area contributed by atoms with E-state index in [1.54, 1.807) is 10.3 Å². The second kappa shape index (κ2) is 6.14. The number of benzene rings is 1. The van der Waals surface area contributed by atoms with Gasteiger partial charge in [0.15, 0.2) is 5.69 Å². The monoisotopic (exact) mass is 317 g/mol. The van der Waals surface area contributed by atoms with Gasteiger partial charge in [0.25, 0.3) is 5.91 Å². The number of piperidine rings is 1. The standard InChI is InChI=1S/C16H19N3O2S/c1-12-3-2-4-13(9-12)10-16(21)5-7-19(8-6-16)15(20)14-11-22-18-17-14/h2-4,9,11,21H,5-8,10H2,1H3. The number of carbonyl (C=O) groups excluding carboxylic acids is 1. The van der Waals surface area contributed by atoms with Crippen LogP contribution in [0.25, 0.3) is 0 Å². The van der Waals surface area contributed by atoms with Crippen LogP contribution in [-0.4, -0.2) is 44.2 Å². The summed E-state index contributed by atoms with van der Waals surface area (Å²) in [6.07, 6.45) is 1.81. The Morgan fingerprint density at radius 3 is 2.82 bits per heavy atom. The molecule has 2 heterocycles. The smallest absolute Gasteiger partial charge is 0.275 e. The topological polar surface area (TPSA) is 66.3 Å². The highest BCUT2D eigenvalue weighted by molar-refractivity contribution is 7.03. The molecule has 0 unspecified atom stereocenters. The number of nitrogens with zero attached hydrogens (tertiary/aromatic N) is 3. The van der Waals surface area contributed by atoms with E-state index in [9.17, 15) is 9.90 Å². The van der Waals surface area contributed by atoms with Crippen LogP contribution in [0.5, 0.6) is 0 Å². The lowest BCUT2D eigenvalue weighted by Gasteiger charge is -2.38. The molecule has 1 aromatic heterocycles. The summed E-state index contributed by atoms with van der Waals surface area (Å²) in [5.41, 5.74) is 2.01. The number of rotatable bonds is 3. The van der Waals surface area contributed by atoms with Gasteiger partial charge in [0.1, 0.15) is 0 Å². The molecule has 0 atom stereocenters. The number of carbonyl (C=O) groups is 1. The molecule has 22 heavy (non-hydrogen) atoms. The maximum Gasteiger partial charge on any atom is 0.275 e. The van der Waals surface area contributed by atoms with Gasteiger partial charge in [-0.05, 0) is 36.9 Å². The van der Waals surface area contributed by atoms with Gasteiger partial charge >= 0.3 is 0 Å². The molecule has 1 aromatic carbocycles. The second-order valence-corrected chi connectivity index (χ2v) is 6.58. The first-order valence-electron chi connectivity index (χ1n) is 7.40. The number of aromatic nitrogens is 2. The molecule has 6 heteroatoms. The van der Waals surface area contributed by atoms with Crippen molar-refractivity contribution in [2.24, 2.45) is 0 Å². The van der Waals surface area contributed by atoms with Crippen LogP contribution in [0.4, 0.5) is 0 Å². The lowest BCUT2D eigenvalue weighted by atomic mass is 9.85. The van der Waals surface area contributed by atoms with Crippen molar-refractivity contribution in [2.75, 3.05) is 13.1 Å². The predicted molar refractivity (Wildman–Crippen MR) is 84.9 cm³/mol. The lowest BCUT2D eigenvalue weighted by Crippen LogP contribution is -2.47. The molecule has 2 aromatic rings. The first-order valence-corrected chi connectivity index (χ1v) is 8.24. The minimum absolute atomic E-state index is 0.0913. The molecular formula is C16H19N3O2S. The van der Waals surface area contributed by atoms with E-state index >= 15 is 0 Å². The second-order valence-electron chi connectivity index (χ2n) is 5.97. The molecule has 0 aliphatic carbocycles. The van der Waals surface area contributed by atoms with Gasteiger partial charge in [0.05, 0.1) is 5.60 Å². The summed E-state index contributed by atoms with van der Waals surface area (Å²) < 4.78 is 3.73. The summed E-state index contributed by atoms with van der Waals surface area (Å²) in [5.74, 6) is -0.0913. The Bertz CT molecular complexity index is 649. The highest BCUT2D eigenvalue weighted by atomic mass is 32.1. The maximum absolute atomic E-state index is 12.2. The van der Waals surface area contributed by atoms with E-state index in [1.807, 2.05) is 12.1 Å². The minimum atomic E-state index is -0.731. The third kappa shape index (κ3) is 3.34. The number of hydrogen-bond acceptors (Lipinski definition) is 5. The lowest BCUT2D eigenvalue weighted by molar-refractivity contribution is -0.0163. The molecule has 1 aliphatic rings. The third-order valence-electron chi connectivity index (χ3n) is 4.18. The van der Waals surface area contributed by atoms with Crippen molar-refractivity contribution in [2.45, 2.75) is 31.8 Å². The average molecular weight is 317 g/mol. The number of aliphatic hydroxyl groups is 1. The molecule has 0 bridgehead atoms. The molecule has 5 nitrogen and oxygen atoms in total. The summed E-state index contributed by atoms with van der Waals surface area (Å²) in [5, 5.41) is 16.3. The molecule has 1 fully saturated rings. The quantitative estimate of drug-likeness (QED) is 0.941. The Kier molecular flexibility index (Phi) is 4.22. The van der Waals surface area contributed by atoms with Crippen molar-refractivity contribution < 1.29 is 9.90 Å². The Hall–Kier alpha value is -1.79. The van der Waals surface area contributed by atoms with Crippen molar-refractivity contribution in [3.63, 3.8) is 0 Å². The fourth-order valence-electron chi connectivity index (χ4n) is 2.92. The third-order valence-corrected chi connectivity index (χ3v) is 4.68. The van der Waals surface area contributed by atoms with E-state index in [0.717, 1.165) is 5.56 Å². The fraction of sp³-hybridized carbons (Fsp3) is 0.438. The average Bonchev–Trinajstić information content (AvgIpc) is 3.01. The first kappa shape index (κ1) is 15.1. The molecule has 1 aliphatic heterocycles. The van der Waals surface area contributed by atoms with Crippen molar-refractivity contribution in [1.29, 1.82) is 0 Å². The maximum atomic E-state index is 12.2. The summed E-state index contributed by atoms with van der Waals surface area (Å²) in [6.45, 7) is 3.16. The van der Waals surface area contributed by atoms with Crippen LogP contribution in [0.2, 0.25) is 0 Å². The number of likely N-dealkylation sites (tertiary alicyclic amines) is 1. The van der Waals surface area contributed by atoms with Gasteiger partial charge in [0, 0.05) is 24.9 Å². The van der Waals surface area contributed by atoms with E-state index < -0.39 is 5.60 Å². The van der Waals surface area contributed by atoms with Crippen molar-refractivity contribution in [3.05, 3.63) is 46.5 Å². The molecule has 116 valence electrons.